The fourth-order valence-electron chi connectivity index (χ4n) is 3.15. The standard InChI is InChI=1S/C22H29ClN2O3/c1-17-3-5-18(6-4-17)16-28-22-20(23)13-19(14-21(22)26-2)15-24-7-8-25-9-11-27-12-10-25/h3-6,13-14,24H,7-12,15-16H2,1-2H3. The number of nitrogens with one attached hydrogen (secondary N) is 1. The van der Waals surface area contributed by atoms with E-state index in [1.54, 1.807) is 7.11 Å². The minimum atomic E-state index is 0.452. The van der Waals surface area contributed by atoms with Gasteiger partial charge in [-0.15, -0.1) is 0 Å². The molecule has 0 spiro atoms. The van der Waals surface area contributed by atoms with Gasteiger partial charge in [0.1, 0.15) is 6.61 Å². The van der Waals surface area contributed by atoms with Crippen molar-refractivity contribution < 1.29 is 14.2 Å². The van der Waals surface area contributed by atoms with Gasteiger partial charge in [-0.3, -0.25) is 4.90 Å². The molecule has 0 atom stereocenters. The predicted molar refractivity (Wildman–Crippen MR) is 112 cm³/mol. The number of halogens is 1. The third-order valence-electron chi connectivity index (χ3n) is 4.83. The Morgan fingerprint density at radius 3 is 2.57 bits per heavy atom. The normalized spacial score (nSPS) is 14.8. The van der Waals surface area contributed by atoms with Crippen LogP contribution in [0.3, 0.4) is 0 Å². The number of aryl methyl sites for hydroxylation is 1. The first-order valence-corrected chi connectivity index (χ1v) is 10.1. The molecule has 1 N–H and O–H groups in total. The summed E-state index contributed by atoms with van der Waals surface area (Å²) in [4.78, 5) is 2.41. The molecule has 3 rings (SSSR count). The van der Waals surface area contributed by atoms with Crippen LogP contribution in [0.5, 0.6) is 11.5 Å². The van der Waals surface area contributed by atoms with Crippen molar-refractivity contribution in [2.45, 2.75) is 20.1 Å². The van der Waals surface area contributed by atoms with Crippen molar-refractivity contribution in [1.29, 1.82) is 0 Å². The number of methoxy groups -OCH3 is 1. The van der Waals surface area contributed by atoms with Crippen LogP contribution < -0.4 is 14.8 Å². The summed E-state index contributed by atoms with van der Waals surface area (Å²) in [5.74, 6) is 1.24. The van der Waals surface area contributed by atoms with Gasteiger partial charge in [-0.2, -0.15) is 0 Å². The van der Waals surface area contributed by atoms with Crippen molar-refractivity contribution in [3.63, 3.8) is 0 Å². The molecule has 2 aromatic rings. The number of morpholine rings is 1. The van der Waals surface area contributed by atoms with Crippen molar-refractivity contribution in [1.82, 2.24) is 10.2 Å². The van der Waals surface area contributed by atoms with Crippen LogP contribution in [0.25, 0.3) is 0 Å². The number of hydrogen-bond donors (Lipinski definition) is 1. The first-order chi connectivity index (χ1) is 13.7. The zero-order valence-corrected chi connectivity index (χ0v) is 17.4. The molecule has 1 aliphatic rings. The van der Waals surface area contributed by atoms with Crippen molar-refractivity contribution in [2.75, 3.05) is 46.5 Å². The number of ether oxygens (including phenoxy) is 3. The van der Waals surface area contributed by atoms with E-state index in [0.717, 1.165) is 57.1 Å². The molecule has 1 fully saturated rings. The van der Waals surface area contributed by atoms with E-state index in [1.807, 2.05) is 12.1 Å². The summed E-state index contributed by atoms with van der Waals surface area (Å²) in [5, 5.41) is 4.04. The van der Waals surface area contributed by atoms with Crippen LogP contribution in [0.1, 0.15) is 16.7 Å². The molecule has 2 aromatic carbocycles. The number of rotatable bonds is 9. The molecule has 1 saturated heterocycles. The van der Waals surface area contributed by atoms with Gasteiger partial charge in [0.05, 0.1) is 25.3 Å². The van der Waals surface area contributed by atoms with Crippen LogP contribution in [0.4, 0.5) is 0 Å². The van der Waals surface area contributed by atoms with Crippen LogP contribution in [0.15, 0.2) is 36.4 Å². The van der Waals surface area contributed by atoms with E-state index in [2.05, 4.69) is 41.4 Å². The number of nitrogens with zero attached hydrogens (tertiary/aromatic N) is 1. The fourth-order valence-corrected chi connectivity index (χ4v) is 3.44. The summed E-state index contributed by atoms with van der Waals surface area (Å²) < 4.78 is 16.8. The molecule has 152 valence electrons. The Morgan fingerprint density at radius 2 is 1.86 bits per heavy atom. The number of benzene rings is 2. The zero-order chi connectivity index (χ0) is 19.8. The molecule has 0 unspecified atom stereocenters. The molecule has 0 saturated carbocycles. The SMILES string of the molecule is COc1cc(CNCCN2CCOCC2)cc(Cl)c1OCc1ccc(C)cc1. The summed E-state index contributed by atoms with van der Waals surface area (Å²) in [5.41, 5.74) is 3.40. The predicted octanol–water partition coefficient (Wildman–Crippen LogP) is 3.66. The lowest BCUT2D eigenvalue weighted by molar-refractivity contribution is 0.0384. The van der Waals surface area contributed by atoms with Crippen LogP contribution in [-0.4, -0.2) is 51.4 Å². The topological polar surface area (TPSA) is 43.0 Å². The molecule has 0 bridgehead atoms. The van der Waals surface area contributed by atoms with Crippen molar-refractivity contribution >= 4 is 11.6 Å². The Hall–Kier alpha value is -1.79. The van der Waals surface area contributed by atoms with Gasteiger partial charge >= 0.3 is 0 Å². The fraction of sp³-hybridized carbons (Fsp3) is 0.455. The maximum atomic E-state index is 6.48. The van der Waals surface area contributed by atoms with E-state index in [1.165, 1.54) is 5.56 Å². The molecular weight excluding hydrogens is 376 g/mol. The molecule has 28 heavy (non-hydrogen) atoms. The lowest BCUT2D eigenvalue weighted by Gasteiger charge is -2.26. The highest BCUT2D eigenvalue weighted by atomic mass is 35.5. The summed E-state index contributed by atoms with van der Waals surface area (Å²) in [6.45, 7) is 8.87. The summed E-state index contributed by atoms with van der Waals surface area (Å²) in [6.07, 6.45) is 0. The van der Waals surface area contributed by atoms with Crippen LogP contribution in [0, 0.1) is 6.92 Å². The first-order valence-electron chi connectivity index (χ1n) is 9.71. The molecule has 1 aliphatic heterocycles. The summed E-state index contributed by atoms with van der Waals surface area (Å²) in [7, 11) is 1.64. The lowest BCUT2D eigenvalue weighted by atomic mass is 10.1. The van der Waals surface area contributed by atoms with Crippen molar-refractivity contribution in [3.05, 3.63) is 58.1 Å². The average molecular weight is 405 g/mol. The van der Waals surface area contributed by atoms with Gasteiger partial charge in [-0.05, 0) is 30.2 Å². The first kappa shape index (κ1) is 20.9. The van der Waals surface area contributed by atoms with E-state index in [-0.39, 0.29) is 0 Å². The van der Waals surface area contributed by atoms with Gasteiger partial charge in [0.25, 0.3) is 0 Å². The Morgan fingerprint density at radius 1 is 1.11 bits per heavy atom. The second kappa shape index (κ2) is 10.7. The second-order valence-electron chi connectivity index (χ2n) is 7.01. The van der Waals surface area contributed by atoms with E-state index >= 15 is 0 Å². The quantitative estimate of drug-likeness (QED) is 0.646. The maximum absolute atomic E-state index is 6.48. The molecule has 6 heteroatoms. The minimum absolute atomic E-state index is 0.452. The second-order valence-corrected chi connectivity index (χ2v) is 7.42. The summed E-state index contributed by atoms with van der Waals surface area (Å²) >= 11 is 6.48. The third-order valence-corrected chi connectivity index (χ3v) is 5.11. The highest BCUT2D eigenvalue weighted by Crippen LogP contribution is 2.37. The smallest absolute Gasteiger partial charge is 0.180 e. The van der Waals surface area contributed by atoms with Gasteiger partial charge in [0.2, 0.25) is 0 Å². The van der Waals surface area contributed by atoms with Gasteiger partial charge in [0.15, 0.2) is 11.5 Å². The van der Waals surface area contributed by atoms with Crippen LogP contribution >= 0.6 is 11.6 Å². The van der Waals surface area contributed by atoms with Crippen molar-refractivity contribution in [3.8, 4) is 11.5 Å². The van der Waals surface area contributed by atoms with E-state index in [4.69, 9.17) is 25.8 Å². The number of hydrogen-bond acceptors (Lipinski definition) is 5. The Bertz CT molecular complexity index is 746. The van der Waals surface area contributed by atoms with Gasteiger partial charge < -0.3 is 19.5 Å². The lowest BCUT2D eigenvalue weighted by Crippen LogP contribution is -2.40. The molecule has 5 nitrogen and oxygen atoms in total. The van der Waals surface area contributed by atoms with Gasteiger partial charge in [-0.25, -0.2) is 0 Å². The highest BCUT2D eigenvalue weighted by molar-refractivity contribution is 6.32. The molecule has 0 radical (unpaired) electrons. The minimum Gasteiger partial charge on any atom is -0.493 e. The van der Waals surface area contributed by atoms with E-state index in [9.17, 15) is 0 Å². The molecule has 1 heterocycles. The maximum Gasteiger partial charge on any atom is 0.180 e. The molecular formula is C22H29ClN2O3. The van der Waals surface area contributed by atoms with Gasteiger partial charge in [-0.1, -0.05) is 41.4 Å². The van der Waals surface area contributed by atoms with E-state index in [0.29, 0.717) is 23.1 Å². The zero-order valence-electron chi connectivity index (χ0n) is 16.7. The van der Waals surface area contributed by atoms with Crippen LogP contribution in [0.2, 0.25) is 5.02 Å². The third kappa shape index (κ3) is 6.11. The monoisotopic (exact) mass is 404 g/mol. The Labute approximate surface area is 172 Å². The highest BCUT2D eigenvalue weighted by Gasteiger charge is 2.13. The largest absolute Gasteiger partial charge is 0.493 e. The Balaban J connectivity index is 1.53. The molecule has 0 aromatic heterocycles. The van der Waals surface area contributed by atoms with E-state index < -0.39 is 0 Å². The summed E-state index contributed by atoms with van der Waals surface area (Å²) in [6, 6.07) is 12.2. The van der Waals surface area contributed by atoms with Crippen LogP contribution in [-0.2, 0) is 17.9 Å². The van der Waals surface area contributed by atoms with Crippen molar-refractivity contribution in [2.24, 2.45) is 0 Å². The van der Waals surface area contributed by atoms with Gasteiger partial charge in [0, 0.05) is 32.7 Å². The molecule has 0 aliphatic carbocycles. The average Bonchev–Trinajstić information content (AvgIpc) is 2.72. The Kier molecular flexibility index (Phi) is 7.98. The molecule has 0 amide bonds.